The summed E-state index contributed by atoms with van der Waals surface area (Å²) < 4.78 is 5.25. The molecule has 0 saturated carbocycles. The van der Waals surface area contributed by atoms with Crippen LogP contribution in [0.5, 0.6) is 6.01 Å². The zero-order valence-electron chi connectivity index (χ0n) is 10.3. The lowest BCUT2D eigenvalue weighted by molar-refractivity contribution is 0.312. The molecule has 7 heteroatoms. The van der Waals surface area contributed by atoms with Gasteiger partial charge in [0.25, 0.3) is 0 Å². The van der Waals surface area contributed by atoms with E-state index in [9.17, 15) is 0 Å². The normalized spacial score (nSPS) is 10.3. The lowest BCUT2D eigenvalue weighted by Crippen LogP contribution is -2.20. The lowest BCUT2D eigenvalue weighted by atomic mass is 10.3. The highest BCUT2D eigenvalue weighted by molar-refractivity contribution is 7.07. The third-order valence-electron chi connectivity index (χ3n) is 2.24. The van der Waals surface area contributed by atoms with E-state index in [-0.39, 0.29) is 12.0 Å². The molecular formula is C11H15N5OS. The highest BCUT2D eigenvalue weighted by Gasteiger charge is 2.10. The van der Waals surface area contributed by atoms with Crippen molar-refractivity contribution in [1.82, 2.24) is 15.0 Å². The van der Waals surface area contributed by atoms with Crippen LogP contribution in [0.25, 0.3) is 0 Å². The second kappa shape index (κ2) is 5.63. The number of thiophene rings is 1. The zero-order valence-corrected chi connectivity index (χ0v) is 11.1. The number of nitrogens with zero attached hydrogens (tertiary/aromatic N) is 4. The van der Waals surface area contributed by atoms with Crippen LogP contribution in [-0.4, -0.2) is 28.6 Å². The summed E-state index contributed by atoms with van der Waals surface area (Å²) >= 11 is 1.66. The van der Waals surface area contributed by atoms with E-state index in [0.717, 1.165) is 6.54 Å². The van der Waals surface area contributed by atoms with Crippen molar-refractivity contribution in [1.29, 1.82) is 0 Å². The molecule has 0 saturated heterocycles. The monoisotopic (exact) mass is 265 g/mol. The molecule has 0 amide bonds. The second-order valence-corrected chi connectivity index (χ2v) is 4.48. The topological polar surface area (TPSA) is 77.2 Å². The molecular weight excluding hydrogens is 250 g/mol. The maximum atomic E-state index is 5.63. The van der Waals surface area contributed by atoms with Crippen LogP contribution >= 0.6 is 11.3 Å². The Morgan fingerprint density at radius 2 is 2.22 bits per heavy atom. The number of hydrogen-bond acceptors (Lipinski definition) is 7. The number of aromatic nitrogens is 3. The van der Waals surface area contributed by atoms with Crippen molar-refractivity contribution in [2.75, 3.05) is 24.3 Å². The number of hydrogen-bond donors (Lipinski definition) is 1. The molecule has 0 fully saturated rings. The third-order valence-corrected chi connectivity index (χ3v) is 2.97. The lowest BCUT2D eigenvalue weighted by Gasteiger charge is -2.16. The molecule has 2 aromatic rings. The van der Waals surface area contributed by atoms with Gasteiger partial charge in [-0.1, -0.05) is 0 Å². The average molecular weight is 265 g/mol. The summed E-state index contributed by atoms with van der Waals surface area (Å²) in [5.74, 6) is 0.678. The maximum Gasteiger partial charge on any atom is 0.323 e. The summed E-state index contributed by atoms with van der Waals surface area (Å²) in [4.78, 5) is 14.1. The van der Waals surface area contributed by atoms with Gasteiger partial charge in [-0.15, -0.1) is 0 Å². The van der Waals surface area contributed by atoms with E-state index in [1.54, 1.807) is 11.3 Å². The van der Waals surface area contributed by atoms with Gasteiger partial charge in [-0.2, -0.15) is 26.3 Å². The predicted octanol–water partition coefficient (Wildman–Crippen LogP) is 1.55. The maximum absolute atomic E-state index is 5.63. The van der Waals surface area contributed by atoms with E-state index in [2.05, 4.69) is 26.4 Å². The fourth-order valence-electron chi connectivity index (χ4n) is 1.45. The Hall–Kier alpha value is -1.89. The molecule has 0 aliphatic rings. The summed E-state index contributed by atoms with van der Waals surface area (Å²) in [6.07, 6.45) is 0. The first-order valence-corrected chi connectivity index (χ1v) is 6.50. The zero-order chi connectivity index (χ0) is 13.0. The van der Waals surface area contributed by atoms with Gasteiger partial charge in [0.15, 0.2) is 0 Å². The highest BCUT2D eigenvalue weighted by atomic mass is 32.1. The van der Waals surface area contributed by atoms with Gasteiger partial charge < -0.3 is 15.4 Å². The molecule has 2 aromatic heterocycles. The molecule has 2 heterocycles. The summed E-state index contributed by atoms with van der Waals surface area (Å²) in [5.41, 5.74) is 6.84. The molecule has 96 valence electrons. The fraction of sp³-hybridized carbons (Fsp3) is 0.364. The molecule has 0 unspecified atom stereocenters. The van der Waals surface area contributed by atoms with Gasteiger partial charge in [-0.3, -0.25) is 0 Å². The van der Waals surface area contributed by atoms with Crippen LogP contribution in [-0.2, 0) is 6.54 Å². The Kier molecular flexibility index (Phi) is 3.93. The van der Waals surface area contributed by atoms with Gasteiger partial charge in [0.1, 0.15) is 0 Å². The van der Waals surface area contributed by atoms with Crippen molar-refractivity contribution in [3.8, 4) is 6.01 Å². The van der Waals surface area contributed by atoms with Gasteiger partial charge >= 0.3 is 6.01 Å². The summed E-state index contributed by atoms with van der Waals surface area (Å²) in [6, 6.07) is 2.33. The van der Waals surface area contributed by atoms with E-state index in [0.29, 0.717) is 12.6 Å². The minimum atomic E-state index is 0.167. The van der Waals surface area contributed by atoms with Crippen LogP contribution in [0.4, 0.5) is 11.9 Å². The highest BCUT2D eigenvalue weighted by Crippen LogP contribution is 2.15. The standard InChI is InChI=1S/C11H15N5OS/c1-3-17-11-14-9(12)13-10(15-11)16(2)6-8-4-5-18-7-8/h4-5,7H,3,6H2,1-2H3,(H2,12,13,14,15). The Balaban J connectivity index is 2.16. The minimum absolute atomic E-state index is 0.167. The van der Waals surface area contributed by atoms with Crippen LogP contribution in [0, 0.1) is 0 Å². The van der Waals surface area contributed by atoms with E-state index < -0.39 is 0 Å². The minimum Gasteiger partial charge on any atom is -0.464 e. The number of ether oxygens (including phenoxy) is 1. The second-order valence-electron chi connectivity index (χ2n) is 3.70. The van der Waals surface area contributed by atoms with E-state index in [1.165, 1.54) is 5.56 Å². The third kappa shape index (κ3) is 3.07. The molecule has 0 aliphatic heterocycles. The van der Waals surface area contributed by atoms with E-state index in [4.69, 9.17) is 10.5 Å². The van der Waals surface area contributed by atoms with E-state index >= 15 is 0 Å². The first kappa shape index (κ1) is 12.6. The quantitative estimate of drug-likeness (QED) is 0.883. The Morgan fingerprint density at radius 3 is 2.89 bits per heavy atom. The molecule has 0 radical (unpaired) electrons. The van der Waals surface area contributed by atoms with Gasteiger partial charge in [0, 0.05) is 13.6 Å². The van der Waals surface area contributed by atoms with Gasteiger partial charge in [-0.05, 0) is 29.3 Å². The molecule has 0 spiro atoms. The molecule has 0 bridgehead atoms. The SMILES string of the molecule is CCOc1nc(N)nc(N(C)Cc2ccsc2)n1. The Bertz CT molecular complexity index is 502. The van der Waals surface area contributed by atoms with Crippen LogP contribution < -0.4 is 15.4 Å². The fourth-order valence-corrected chi connectivity index (χ4v) is 2.11. The molecule has 0 aliphatic carbocycles. The van der Waals surface area contributed by atoms with Crippen LogP contribution in [0.15, 0.2) is 16.8 Å². The molecule has 6 nitrogen and oxygen atoms in total. The van der Waals surface area contributed by atoms with Crippen molar-refractivity contribution in [3.63, 3.8) is 0 Å². The number of nitrogen functional groups attached to an aromatic ring is 1. The smallest absolute Gasteiger partial charge is 0.323 e. The van der Waals surface area contributed by atoms with Crippen LogP contribution in [0.1, 0.15) is 12.5 Å². The summed E-state index contributed by atoms with van der Waals surface area (Å²) in [6.45, 7) is 3.09. The first-order chi connectivity index (χ1) is 8.69. The van der Waals surface area contributed by atoms with Crippen molar-refractivity contribution >= 4 is 23.2 Å². The average Bonchev–Trinajstić information content (AvgIpc) is 2.81. The molecule has 0 aromatic carbocycles. The Labute approximate surface area is 109 Å². The van der Waals surface area contributed by atoms with Crippen molar-refractivity contribution in [3.05, 3.63) is 22.4 Å². The van der Waals surface area contributed by atoms with Crippen molar-refractivity contribution in [2.45, 2.75) is 13.5 Å². The predicted molar refractivity (Wildman–Crippen MR) is 71.8 cm³/mol. The van der Waals surface area contributed by atoms with E-state index in [1.807, 2.05) is 24.3 Å². The Morgan fingerprint density at radius 1 is 1.39 bits per heavy atom. The summed E-state index contributed by atoms with van der Waals surface area (Å²) in [7, 11) is 1.90. The van der Waals surface area contributed by atoms with Gasteiger partial charge in [0.2, 0.25) is 11.9 Å². The number of rotatable bonds is 5. The summed E-state index contributed by atoms with van der Waals surface area (Å²) in [5, 5.41) is 4.13. The van der Waals surface area contributed by atoms with Crippen LogP contribution in [0.2, 0.25) is 0 Å². The largest absolute Gasteiger partial charge is 0.464 e. The molecule has 0 atom stereocenters. The molecule has 2 rings (SSSR count). The van der Waals surface area contributed by atoms with Crippen LogP contribution in [0.3, 0.4) is 0 Å². The molecule has 2 N–H and O–H groups in total. The first-order valence-electron chi connectivity index (χ1n) is 5.55. The van der Waals surface area contributed by atoms with Gasteiger partial charge in [-0.25, -0.2) is 0 Å². The van der Waals surface area contributed by atoms with Gasteiger partial charge in [0.05, 0.1) is 6.61 Å². The van der Waals surface area contributed by atoms with Crippen molar-refractivity contribution in [2.24, 2.45) is 0 Å². The van der Waals surface area contributed by atoms with Crippen molar-refractivity contribution < 1.29 is 4.74 Å². The molecule has 18 heavy (non-hydrogen) atoms. The number of nitrogens with two attached hydrogens (primary N) is 1. The number of anilines is 2.